The van der Waals surface area contributed by atoms with Crippen LogP contribution in [0.1, 0.15) is 50.4 Å². The van der Waals surface area contributed by atoms with Gasteiger partial charge in [-0.05, 0) is 75.1 Å². The van der Waals surface area contributed by atoms with Crippen molar-refractivity contribution >= 4 is 23.4 Å². The van der Waals surface area contributed by atoms with Gasteiger partial charge in [-0.25, -0.2) is 4.79 Å². The number of carbonyl (C=O) groups is 1. The normalized spacial score (nSPS) is 19.1. The number of fused-ring (bicyclic) bond motifs is 1. The summed E-state index contributed by atoms with van der Waals surface area (Å²) < 4.78 is 5.35. The topological polar surface area (TPSA) is 63.0 Å². The van der Waals surface area contributed by atoms with Crippen molar-refractivity contribution in [1.29, 1.82) is 0 Å². The van der Waals surface area contributed by atoms with Crippen molar-refractivity contribution in [2.45, 2.75) is 51.8 Å². The predicted molar refractivity (Wildman–Crippen MR) is 108 cm³/mol. The van der Waals surface area contributed by atoms with E-state index in [1.165, 1.54) is 5.56 Å². The summed E-state index contributed by atoms with van der Waals surface area (Å²) >= 11 is 6.03. The maximum absolute atomic E-state index is 12.1. The lowest BCUT2D eigenvalue weighted by atomic mass is 9.92. The highest BCUT2D eigenvalue weighted by atomic mass is 35.5. The third-order valence-electron chi connectivity index (χ3n) is 4.17. The van der Waals surface area contributed by atoms with Crippen LogP contribution < -0.4 is 5.32 Å². The Morgan fingerprint density at radius 2 is 1.85 bits per heavy atom. The van der Waals surface area contributed by atoms with Gasteiger partial charge in [-0.3, -0.25) is 5.32 Å². The summed E-state index contributed by atoms with van der Waals surface area (Å²) in [5.74, 6) is 0. The van der Waals surface area contributed by atoms with Gasteiger partial charge in [0, 0.05) is 10.7 Å². The monoisotopic (exact) mass is 385 g/mol. The Hall–Kier alpha value is -2.40. The van der Waals surface area contributed by atoms with Crippen molar-refractivity contribution in [2.75, 3.05) is 5.32 Å². The predicted octanol–water partition coefficient (Wildman–Crippen LogP) is 6.17. The van der Waals surface area contributed by atoms with E-state index in [1.807, 2.05) is 70.2 Å². The number of halogens is 1. The van der Waals surface area contributed by atoms with E-state index in [2.05, 4.69) is 15.5 Å². The molecule has 6 heteroatoms. The molecule has 1 aliphatic heterocycles. The van der Waals surface area contributed by atoms with Crippen molar-refractivity contribution in [3.63, 3.8) is 0 Å². The number of rotatable bonds is 2. The molecular formula is C21H24ClN3O2. The summed E-state index contributed by atoms with van der Waals surface area (Å²) in [4.78, 5) is 12.1. The van der Waals surface area contributed by atoms with Gasteiger partial charge in [0.2, 0.25) is 0 Å². The first kappa shape index (κ1) is 19.4. The largest absolute Gasteiger partial charge is 0.444 e. The molecule has 27 heavy (non-hydrogen) atoms. The van der Waals surface area contributed by atoms with E-state index in [0.717, 1.165) is 17.5 Å². The molecule has 2 atom stereocenters. The average molecular weight is 386 g/mol. The lowest BCUT2D eigenvalue weighted by Gasteiger charge is -2.20. The fourth-order valence-corrected chi connectivity index (χ4v) is 3.15. The molecule has 2 aromatic rings. The molecule has 0 aromatic heterocycles. The van der Waals surface area contributed by atoms with Crippen molar-refractivity contribution in [3.05, 3.63) is 64.2 Å². The number of nitrogens with zero attached hydrogens (tertiary/aromatic N) is 2. The maximum atomic E-state index is 12.1. The van der Waals surface area contributed by atoms with E-state index in [-0.39, 0.29) is 12.1 Å². The number of azo groups is 1. The number of hydrogen-bond donors (Lipinski definition) is 1. The van der Waals surface area contributed by atoms with E-state index < -0.39 is 11.7 Å². The van der Waals surface area contributed by atoms with Gasteiger partial charge in [-0.1, -0.05) is 29.8 Å². The van der Waals surface area contributed by atoms with Crippen LogP contribution in [0.25, 0.3) is 0 Å². The molecule has 0 aliphatic carbocycles. The summed E-state index contributed by atoms with van der Waals surface area (Å²) in [6, 6.07) is 13.4. The van der Waals surface area contributed by atoms with Crippen molar-refractivity contribution in [2.24, 2.45) is 10.2 Å². The van der Waals surface area contributed by atoms with Crippen LogP contribution in [0.2, 0.25) is 5.02 Å². The highest BCUT2D eigenvalue weighted by Gasteiger charge is 2.23. The quantitative estimate of drug-likeness (QED) is 0.671. The second-order valence-electron chi connectivity index (χ2n) is 7.78. The highest BCUT2D eigenvalue weighted by Crippen LogP contribution is 2.35. The first-order valence-electron chi connectivity index (χ1n) is 8.99. The Kier molecular flexibility index (Phi) is 5.51. The third-order valence-corrected chi connectivity index (χ3v) is 4.42. The zero-order chi connectivity index (χ0) is 19.6. The Labute approximate surface area is 164 Å². The number of nitrogens with one attached hydrogen (secondary N) is 1. The minimum Gasteiger partial charge on any atom is -0.444 e. The van der Waals surface area contributed by atoms with Crippen LogP contribution in [0, 0.1) is 0 Å². The molecule has 0 spiro atoms. The van der Waals surface area contributed by atoms with Crippen LogP contribution >= 0.6 is 11.6 Å². The van der Waals surface area contributed by atoms with E-state index in [9.17, 15) is 4.79 Å². The van der Waals surface area contributed by atoms with Crippen LogP contribution in [0.3, 0.4) is 0 Å². The van der Waals surface area contributed by atoms with Gasteiger partial charge >= 0.3 is 6.09 Å². The van der Waals surface area contributed by atoms with Crippen LogP contribution in [0.5, 0.6) is 0 Å². The Morgan fingerprint density at radius 1 is 1.15 bits per heavy atom. The second-order valence-corrected chi connectivity index (χ2v) is 8.22. The first-order valence-corrected chi connectivity index (χ1v) is 9.37. The molecule has 2 unspecified atom stereocenters. The summed E-state index contributed by atoms with van der Waals surface area (Å²) in [7, 11) is 0. The molecule has 142 valence electrons. The first-order chi connectivity index (χ1) is 12.7. The Bertz CT molecular complexity index is 857. The highest BCUT2D eigenvalue weighted by molar-refractivity contribution is 6.30. The smallest absolute Gasteiger partial charge is 0.412 e. The number of ether oxygens (including phenoxy) is 1. The number of benzene rings is 2. The van der Waals surface area contributed by atoms with Gasteiger partial charge in [0.1, 0.15) is 11.6 Å². The fourth-order valence-electron chi connectivity index (χ4n) is 3.03. The van der Waals surface area contributed by atoms with Crippen LogP contribution in [0.4, 0.5) is 10.5 Å². The summed E-state index contributed by atoms with van der Waals surface area (Å²) in [5, 5.41) is 12.5. The van der Waals surface area contributed by atoms with Crippen LogP contribution in [-0.2, 0) is 11.2 Å². The van der Waals surface area contributed by atoms with E-state index >= 15 is 0 Å². The van der Waals surface area contributed by atoms with Gasteiger partial charge in [-0.2, -0.15) is 10.2 Å². The maximum Gasteiger partial charge on any atom is 0.412 e. The summed E-state index contributed by atoms with van der Waals surface area (Å²) in [6.07, 6.45) is 0.324. The van der Waals surface area contributed by atoms with Gasteiger partial charge < -0.3 is 4.74 Å². The van der Waals surface area contributed by atoms with Gasteiger partial charge in [0.25, 0.3) is 0 Å². The molecule has 0 bridgehead atoms. The molecular weight excluding hydrogens is 362 g/mol. The molecule has 1 heterocycles. The summed E-state index contributed by atoms with van der Waals surface area (Å²) in [5.41, 5.74) is 3.33. The lowest BCUT2D eigenvalue weighted by molar-refractivity contribution is 0.0636. The van der Waals surface area contributed by atoms with Crippen LogP contribution in [0.15, 0.2) is 52.7 Å². The van der Waals surface area contributed by atoms with E-state index in [4.69, 9.17) is 16.3 Å². The molecule has 0 radical (unpaired) electrons. The standard InChI is InChI=1S/C21H24ClN3O2/c1-13-11-15-7-10-17(23-20(26)27-21(2,3)4)12-18(15)19(25-24-13)14-5-8-16(22)9-6-14/h5-10,12-13,19H,11H2,1-4H3,(H,23,26). The SMILES string of the molecule is CC1Cc2ccc(NC(=O)OC(C)(C)C)cc2C(c2ccc(Cl)cc2)N=N1. The Morgan fingerprint density at radius 3 is 2.52 bits per heavy atom. The number of carbonyl (C=O) groups excluding carboxylic acids is 1. The zero-order valence-corrected chi connectivity index (χ0v) is 16.7. The molecule has 0 saturated carbocycles. The number of hydrogen-bond acceptors (Lipinski definition) is 4. The van der Waals surface area contributed by atoms with Gasteiger partial charge in [0.05, 0.1) is 6.04 Å². The second kappa shape index (κ2) is 7.69. The molecule has 1 aliphatic rings. The fraction of sp³-hybridized carbons (Fsp3) is 0.381. The average Bonchev–Trinajstić information content (AvgIpc) is 2.72. The van der Waals surface area contributed by atoms with E-state index in [0.29, 0.717) is 10.7 Å². The lowest BCUT2D eigenvalue weighted by Crippen LogP contribution is -2.27. The van der Waals surface area contributed by atoms with Gasteiger partial charge in [-0.15, -0.1) is 0 Å². The summed E-state index contributed by atoms with van der Waals surface area (Å²) in [6.45, 7) is 7.55. The van der Waals surface area contributed by atoms with Gasteiger partial charge in [0.15, 0.2) is 0 Å². The molecule has 2 aromatic carbocycles. The van der Waals surface area contributed by atoms with Crippen molar-refractivity contribution in [1.82, 2.24) is 0 Å². The van der Waals surface area contributed by atoms with Crippen molar-refractivity contribution in [3.8, 4) is 0 Å². The Balaban J connectivity index is 1.94. The number of amides is 1. The number of anilines is 1. The molecule has 3 rings (SSSR count). The zero-order valence-electron chi connectivity index (χ0n) is 16.0. The molecule has 0 saturated heterocycles. The van der Waals surface area contributed by atoms with Crippen LogP contribution in [-0.4, -0.2) is 17.7 Å². The molecule has 1 amide bonds. The van der Waals surface area contributed by atoms with Crippen molar-refractivity contribution < 1.29 is 9.53 Å². The molecule has 0 fully saturated rings. The van der Waals surface area contributed by atoms with E-state index in [1.54, 1.807) is 0 Å². The molecule has 1 N–H and O–H groups in total. The minimum absolute atomic E-state index is 0.103. The third kappa shape index (κ3) is 5.07. The molecule has 5 nitrogen and oxygen atoms in total. The minimum atomic E-state index is -0.550.